The summed E-state index contributed by atoms with van der Waals surface area (Å²) in [6.45, 7) is 9.89. The summed E-state index contributed by atoms with van der Waals surface area (Å²) in [6, 6.07) is 0. The van der Waals surface area contributed by atoms with Crippen LogP contribution in [0.1, 0.15) is 63.5 Å². The van der Waals surface area contributed by atoms with Gasteiger partial charge in [-0.05, 0) is 56.8 Å². The third-order valence-electron chi connectivity index (χ3n) is 7.17. The average Bonchev–Trinajstić information content (AvgIpc) is 3.09. The molecule has 0 radical (unpaired) electrons. The van der Waals surface area contributed by atoms with Crippen molar-refractivity contribution < 1.29 is 23.5 Å². The maximum absolute atomic E-state index is 12.8. The molecule has 3 rings (SSSR count). The van der Waals surface area contributed by atoms with Crippen molar-refractivity contribution in [3.8, 4) is 0 Å². The van der Waals surface area contributed by atoms with Crippen LogP contribution in [-0.2, 0) is 25.5 Å². The number of thioether (sulfide) groups is 1. The number of esters is 2. The first-order valence-electron chi connectivity index (χ1n) is 10.5. The van der Waals surface area contributed by atoms with Gasteiger partial charge in [0.1, 0.15) is 18.0 Å². The summed E-state index contributed by atoms with van der Waals surface area (Å²) in [6.07, 6.45) is 8.73. The maximum atomic E-state index is 12.8. The largest absolute Gasteiger partial charge is 0.469 e. The van der Waals surface area contributed by atoms with Gasteiger partial charge in [0.25, 0.3) is 0 Å². The van der Waals surface area contributed by atoms with Crippen LogP contribution in [0.25, 0.3) is 0 Å². The Bertz CT molecular complexity index is 867. The summed E-state index contributed by atoms with van der Waals surface area (Å²) >= 11 is 1.46. The minimum Gasteiger partial charge on any atom is -0.469 e. The topological polar surface area (TPSA) is 65.7 Å². The first-order chi connectivity index (χ1) is 14.2. The van der Waals surface area contributed by atoms with E-state index in [0.717, 1.165) is 36.1 Å². The molecule has 0 amide bonds. The maximum Gasteiger partial charge on any atom is 0.334 e. The second-order valence-corrected chi connectivity index (χ2v) is 9.40. The van der Waals surface area contributed by atoms with Gasteiger partial charge in [-0.3, -0.25) is 0 Å². The monoisotopic (exact) mass is 432 g/mol. The van der Waals surface area contributed by atoms with Crippen molar-refractivity contribution in [2.24, 2.45) is 17.3 Å². The van der Waals surface area contributed by atoms with Gasteiger partial charge in [-0.15, -0.1) is 11.8 Å². The minimum absolute atomic E-state index is 0.0223. The van der Waals surface area contributed by atoms with Crippen LogP contribution in [0.15, 0.2) is 33.8 Å². The standard InChI is InChI=1S/C24H32O5S/c1-7-14(2)23(26)29-22-21-15(3)13-27-19(21)12-17-8-9-18(16(4)24(17,22)5)28-20(25)10-11-30-6/h7,10-11,13,16-18,22H,8-9,12H2,1-6H3. The van der Waals surface area contributed by atoms with E-state index in [1.54, 1.807) is 24.7 Å². The van der Waals surface area contributed by atoms with Crippen molar-refractivity contribution in [1.82, 2.24) is 0 Å². The predicted molar refractivity (Wildman–Crippen MR) is 118 cm³/mol. The van der Waals surface area contributed by atoms with Crippen LogP contribution in [-0.4, -0.2) is 24.3 Å². The lowest BCUT2D eigenvalue weighted by Gasteiger charge is -2.54. The summed E-state index contributed by atoms with van der Waals surface area (Å²) in [5.41, 5.74) is 2.19. The number of aryl methyl sites for hydroxylation is 1. The first kappa shape index (κ1) is 22.7. The van der Waals surface area contributed by atoms with Crippen LogP contribution >= 0.6 is 11.8 Å². The van der Waals surface area contributed by atoms with Gasteiger partial charge in [0.2, 0.25) is 0 Å². The Morgan fingerprint density at radius 1 is 1.30 bits per heavy atom. The highest BCUT2D eigenvalue weighted by Crippen LogP contribution is 2.60. The summed E-state index contributed by atoms with van der Waals surface area (Å²) in [4.78, 5) is 25.0. The van der Waals surface area contributed by atoms with Crippen LogP contribution in [0.3, 0.4) is 0 Å². The SMILES string of the molecule is CC=C(C)C(=O)OC1c2c(C)coc2CC2CCC(OC(=O)C=CSC)C(C)C21C. The molecule has 0 N–H and O–H groups in total. The summed E-state index contributed by atoms with van der Waals surface area (Å²) in [7, 11) is 0. The van der Waals surface area contributed by atoms with Gasteiger partial charge in [0.15, 0.2) is 0 Å². The van der Waals surface area contributed by atoms with E-state index in [-0.39, 0.29) is 35.3 Å². The number of ether oxygens (including phenoxy) is 2. The Kier molecular flexibility index (Phi) is 6.85. The zero-order valence-electron chi connectivity index (χ0n) is 18.7. The molecule has 0 bridgehead atoms. The van der Waals surface area contributed by atoms with Crippen molar-refractivity contribution in [1.29, 1.82) is 0 Å². The van der Waals surface area contributed by atoms with Gasteiger partial charge >= 0.3 is 11.9 Å². The zero-order chi connectivity index (χ0) is 22.1. The van der Waals surface area contributed by atoms with E-state index < -0.39 is 6.10 Å². The molecule has 5 unspecified atom stereocenters. The van der Waals surface area contributed by atoms with E-state index in [9.17, 15) is 9.59 Å². The number of rotatable bonds is 5. The fourth-order valence-corrected chi connectivity index (χ4v) is 5.25. The Balaban J connectivity index is 1.97. The summed E-state index contributed by atoms with van der Waals surface area (Å²) in [5, 5.41) is 1.73. The highest BCUT2D eigenvalue weighted by Gasteiger charge is 2.57. The number of hydrogen-bond acceptors (Lipinski definition) is 6. The highest BCUT2D eigenvalue weighted by molar-refractivity contribution is 8.01. The first-order valence-corrected chi connectivity index (χ1v) is 11.8. The van der Waals surface area contributed by atoms with Crippen molar-refractivity contribution in [3.63, 3.8) is 0 Å². The minimum atomic E-state index is -0.439. The van der Waals surface area contributed by atoms with Gasteiger partial charge in [-0.1, -0.05) is 19.9 Å². The number of fused-ring (bicyclic) bond motifs is 2. The number of allylic oxidation sites excluding steroid dienone is 1. The van der Waals surface area contributed by atoms with E-state index in [4.69, 9.17) is 13.9 Å². The summed E-state index contributed by atoms with van der Waals surface area (Å²) in [5.74, 6) is 0.583. The lowest BCUT2D eigenvalue weighted by atomic mass is 9.53. The third-order valence-corrected chi connectivity index (χ3v) is 7.58. The van der Waals surface area contributed by atoms with E-state index in [0.29, 0.717) is 5.57 Å². The molecule has 30 heavy (non-hydrogen) atoms. The molecule has 2 aliphatic carbocycles. The Morgan fingerprint density at radius 2 is 2.03 bits per heavy atom. The van der Waals surface area contributed by atoms with E-state index >= 15 is 0 Å². The molecule has 5 nitrogen and oxygen atoms in total. The molecule has 0 spiro atoms. The number of hydrogen-bond donors (Lipinski definition) is 0. The number of furan rings is 1. The van der Waals surface area contributed by atoms with Gasteiger partial charge in [-0.25, -0.2) is 9.59 Å². The van der Waals surface area contributed by atoms with Crippen molar-refractivity contribution in [3.05, 3.63) is 46.3 Å². The molecule has 1 saturated carbocycles. The second-order valence-electron chi connectivity index (χ2n) is 8.66. The Morgan fingerprint density at radius 3 is 2.70 bits per heavy atom. The molecular formula is C24H32O5S. The van der Waals surface area contributed by atoms with E-state index in [2.05, 4.69) is 13.8 Å². The Hall–Kier alpha value is -1.95. The third kappa shape index (κ3) is 3.98. The lowest BCUT2D eigenvalue weighted by molar-refractivity contribution is -0.183. The molecule has 1 aromatic rings. The van der Waals surface area contributed by atoms with Crippen LogP contribution < -0.4 is 0 Å². The van der Waals surface area contributed by atoms with Crippen LogP contribution in [0.5, 0.6) is 0 Å². The Labute approximate surface area is 183 Å². The van der Waals surface area contributed by atoms with Crippen molar-refractivity contribution in [2.45, 2.75) is 66.1 Å². The van der Waals surface area contributed by atoms with E-state index in [1.807, 2.05) is 20.1 Å². The molecule has 2 aliphatic rings. The summed E-state index contributed by atoms with van der Waals surface area (Å²) < 4.78 is 17.8. The molecule has 0 aromatic carbocycles. The highest BCUT2D eigenvalue weighted by atomic mass is 32.2. The number of carbonyl (C=O) groups is 2. The van der Waals surface area contributed by atoms with Gasteiger partial charge in [0.05, 0.1) is 6.26 Å². The smallest absolute Gasteiger partial charge is 0.334 e. The number of carbonyl (C=O) groups excluding carboxylic acids is 2. The molecule has 1 heterocycles. The normalized spacial score (nSPS) is 31.2. The average molecular weight is 433 g/mol. The second kappa shape index (κ2) is 9.04. The van der Waals surface area contributed by atoms with Gasteiger partial charge in [0, 0.05) is 35.0 Å². The molecular weight excluding hydrogens is 400 g/mol. The molecule has 0 aliphatic heterocycles. The molecule has 6 heteroatoms. The molecule has 1 aromatic heterocycles. The quantitative estimate of drug-likeness (QED) is 0.450. The van der Waals surface area contributed by atoms with Crippen molar-refractivity contribution >= 4 is 23.7 Å². The van der Waals surface area contributed by atoms with E-state index in [1.165, 1.54) is 17.8 Å². The molecule has 1 fully saturated rings. The van der Waals surface area contributed by atoms with Gasteiger partial charge < -0.3 is 13.9 Å². The molecule has 164 valence electrons. The lowest BCUT2D eigenvalue weighted by Crippen LogP contribution is -2.53. The van der Waals surface area contributed by atoms with Crippen molar-refractivity contribution in [2.75, 3.05) is 6.26 Å². The molecule has 0 saturated heterocycles. The fourth-order valence-electron chi connectivity index (χ4n) is 5.00. The fraction of sp³-hybridized carbons (Fsp3) is 0.583. The van der Waals surface area contributed by atoms with Crippen LogP contribution in [0.4, 0.5) is 0 Å². The zero-order valence-corrected chi connectivity index (χ0v) is 19.5. The predicted octanol–water partition coefficient (Wildman–Crippen LogP) is 5.54. The van der Waals surface area contributed by atoms with Gasteiger partial charge in [-0.2, -0.15) is 0 Å². The van der Waals surface area contributed by atoms with Crippen LogP contribution in [0.2, 0.25) is 0 Å². The molecule has 5 atom stereocenters. The van der Waals surface area contributed by atoms with Crippen LogP contribution in [0, 0.1) is 24.2 Å².